The highest BCUT2D eigenvalue weighted by Gasteiger charge is 2.27. The van der Waals surface area contributed by atoms with Crippen LogP contribution in [0.1, 0.15) is 19.4 Å². The van der Waals surface area contributed by atoms with Gasteiger partial charge in [0.15, 0.2) is 6.10 Å². The Kier molecular flexibility index (Phi) is 15.9. The first-order valence-corrected chi connectivity index (χ1v) is 12.4. The average molecular weight is 554 g/mol. The molecule has 0 radical (unpaired) electrons. The van der Waals surface area contributed by atoms with Crippen molar-refractivity contribution >= 4 is 29.5 Å². The van der Waals surface area contributed by atoms with Crippen LogP contribution >= 0.6 is 11.6 Å². The van der Waals surface area contributed by atoms with Crippen LogP contribution in [0.15, 0.2) is 48.5 Å². The number of rotatable bonds is 14. The molecule has 3 N–H and O–H groups in total. The number of benzene rings is 2. The molecule has 10 nitrogen and oxygen atoms in total. The van der Waals surface area contributed by atoms with Gasteiger partial charge in [0.25, 0.3) is 0 Å². The molecule has 2 aromatic carbocycles. The van der Waals surface area contributed by atoms with E-state index in [1.54, 1.807) is 13.8 Å². The second kappa shape index (κ2) is 18.3. The van der Waals surface area contributed by atoms with E-state index in [0.717, 1.165) is 16.7 Å². The Morgan fingerprint density at radius 3 is 2.00 bits per heavy atom. The first kappa shape index (κ1) is 33.0. The van der Waals surface area contributed by atoms with Crippen molar-refractivity contribution in [2.75, 3.05) is 40.6 Å². The molecular weight excluding hydrogens is 518 g/mol. The molecule has 210 valence electrons. The number of hydrogen-bond acceptors (Lipinski definition) is 9. The van der Waals surface area contributed by atoms with Gasteiger partial charge in [0, 0.05) is 19.2 Å². The Balaban J connectivity index is 0.000000612. The Labute approximate surface area is 227 Å². The van der Waals surface area contributed by atoms with Gasteiger partial charge in [0.05, 0.1) is 26.4 Å². The molecule has 0 aliphatic carbocycles. The maximum atomic E-state index is 12.0. The van der Waals surface area contributed by atoms with Crippen molar-refractivity contribution < 1.29 is 43.5 Å². The van der Waals surface area contributed by atoms with Crippen LogP contribution in [-0.2, 0) is 39.8 Å². The number of aliphatic carboxylic acids is 1. The van der Waals surface area contributed by atoms with Crippen LogP contribution in [0.4, 0.5) is 0 Å². The lowest BCUT2D eigenvalue weighted by atomic mass is 10.0. The summed E-state index contributed by atoms with van der Waals surface area (Å²) in [6.45, 7) is 3.87. The van der Waals surface area contributed by atoms with Gasteiger partial charge < -0.3 is 29.2 Å². The van der Waals surface area contributed by atoms with Crippen LogP contribution in [0.3, 0.4) is 0 Å². The van der Waals surface area contributed by atoms with Crippen LogP contribution in [-0.4, -0.2) is 87.0 Å². The van der Waals surface area contributed by atoms with Gasteiger partial charge in [-0.1, -0.05) is 48.0 Å². The number of esters is 2. The summed E-state index contributed by atoms with van der Waals surface area (Å²) in [7, 11) is 2.85. The van der Waals surface area contributed by atoms with Gasteiger partial charge in [-0.15, -0.1) is 0 Å². The summed E-state index contributed by atoms with van der Waals surface area (Å²) in [4.78, 5) is 34.3. The van der Waals surface area contributed by atoms with E-state index in [4.69, 9.17) is 26.2 Å². The summed E-state index contributed by atoms with van der Waals surface area (Å²) in [5, 5.41) is 21.9. The number of carboxylic acid groups (broad SMARTS) is 1. The fourth-order valence-corrected chi connectivity index (χ4v) is 3.45. The SMILES string of the molecule is CCOC(=O)[C@H](COC)N[C@@H](Cc1ccc(-c2cccc(Cl)c2)cc1)C(=O)O.CCOC(=O)[C@H](O)COC. The third kappa shape index (κ3) is 12.0. The maximum Gasteiger partial charge on any atom is 0.337 e. The van der Waals surface area contributed by atoms with Crippen molar-refractivity contribution in [2.24, 2.45) is 0 Å². The topological polar surface area (TPSA) is 141 Å². The van der Waals surface area contributed by atoms with E-state index in [-0.39, 0.29) is 32.8 Å². The summed E-state index contributed by atoms with van der Waals surface area (Å²) in [5.74, 6) is -2.22. The fraction of sp³-hybridized carbons (Fsp3) is 0.444. The summed E-state index contributed by atoms with van der Waals surface area (Å²) >= 11 is 6.03. The van der Waals surface area contributed by atoms with E-state index in [1.165, 1.54) is 14.2 Å². The molecule has 0 bridgehead atoms. The predicted molar refractivity (Wildman–Crippen MR) is 142 cm³/mol. The first-order chi connectivity index (χ1) is 18.2. The highest BCUT2D eigenvalue weighted by atomic mass is 35.5. The standard InChI is InChI=1S/C21H24ClNO5.C6H12O4/c1-3-28-21(26)19(13-27-2)23-18(20(24)25)11-14-7-9-15(10-8-14)16-5-4-6-17(22)12-16;1-3-10-6(8)5(7)4-9-2/h4-10,12,18-19,23H,3,11,13H2,1-2H3,(H,24,25);5,7H,3-4H2,1-2H3/t18-,19-;5-/m01/s1. The van der Waals surface area contributed by atoms with E-state index in [1.807, 2.05) is 48.5 Å². The third-order valence-corrected chi connectivity index (χ3v) is 5.27. The Morgan fingerprint density at radius 1 is 0.868 bits per heavy atom. The monoisotopic (exact) mass is 553 g/mol. The van der Waals surface area contributed by atoms with E-state index in [9.17, 15) is 19.5 Å². The van der Waals surface area contributed by atoms with Crippen LogP contribution in [0.5, 0.6) is 0 Å². The highest BCUT2D eigenvalue weighted by Crippen LogP contribution is 2.23. The number of halogens is 1. The smallest absolute Gasteiger partial charge is 0.337 e. The number of methoxy groups -OCH3 is 2. The zero-order chi connectivity index (χ0) is 28.5. The van der Waals surface area contributed by atoms with E-state index < -0.39 is 36.1 Å². The van der Waals surface area contributed by atoms with Gasteiger partial charge in [-0.25, -0.2) is 4.79 Å². The lowest BCUT2D eigenvalue weighted by molar-refractivity contribution is -0.155. The van der Waals surface area contributed by atoms with Crippen molar-refractivity contribution in [1.29, 1.82) is 0 Å². The minimum absolute atomic E-state index is 0.0150. The average Bonchev–Trinajstić information content (AvgIpc) is 2.89. The fourth-order valence-electron chi connectivity index (χ4n) is 3.26. The summed E-state index contributed by atoms with van der Waals surface area (Å²) < 4.78 is 19.0. The molecule has 0 amide bonds. The second-order valence-corrected chi connectivity index (χ2v) is 8.39. The van der Waals surface area contributed by atoms with Crippen molar-refractivity contribution in [3.8, 4) is 11.1 Å². The molecule has 0 aliphatic heterocycles. The van der Waals surface area contributed by atoms with Gasteiger partial charge in [-0.05, 0) is 49.1 Å². The first-order valence-electron chi connectivity index (χ1n) is 12.0. The van der Waals surface area contributed by atoms with Crippen LogP contribution in [0, 0.1) is 0 Å². The number of carbonyl (C=O) groups is 3. The number of ether oxygens (including phenoxy) is 4. The van der Waals surface area contributed by atoms with Gasteiger partial charge >= 0.3 is 17.9 Å². The Hall–Kier alpha value is -3.02. The van der Waals surface area contributed by atoms with E-state index in [2.05, 4.69) is 14.8 Å². The molecule has 0 unspecified atom stereocenters. The Morgan fingerprint density at radius 2 is 1.47 bits per heavy atom. The number of carbonyl (C=O) groups excluding carboxylic acids is 2. The quantitative estimate of drug-likeness (QED) is 0.299. The van der Waals surface area contributed by atoms with Gasteiger partial charge in [0.2, 0.25) is 0 Å². The summed E-state index contributed by atoms with van der Waals surface area (Å²) in [5.41, 5.74) is 2.79. The molecule has 0 aromatic heterocycles. The molecule has 0 heterocycles. The van der Waals surface area contributed by atoms with Gasteiger partial charge in [-0.3, -0.25) is 14.9 Å². The van der Waals surface area contributed by atoms with Gasteiger partial charge in [-0.2, -0.15) is 0 Å². The van der Waals surface area contributed by atoms with E-state index in [0.29, 0.717) is 5.02 Å². The van der Waals surface area contributed by atoms with Crippen molar-refractivity contribution in [1.82, 2.24) is 5.32 Å². The zero-order valence-electron chi connectivity index (χ0n) is 22.0. The second-order valence-electron chi connectivity index (χ2n) is 7.95. The minimum Gasteiger partial charge on any atom is -0.480 e. The molecular formula is C27H36ClNO9. The lowest BCUT2D eigenvalue weighted by Gasteiger charge is -2.21. The number of hydrogen-bond donors (Lipinski definition) is 3. The molecule has 38 heavy (non-hydrogen) atoms. The minimum atomic E-state index is -1.15. The zero-order valence-corrected chi connectivity index (χ0v) is 22.8. The number of nitrogens with one attached hydrogen (secondary N) is 1. The maximum absolute atomic E-state index is 12.0. The van der Waals surface area contributed by atoms with Crippen molar-refractivity contribution in [3.05, 3.63) is 59.1 Å². The third-order valence-electron chi connectivity index (χ3n) is 5.04. The summed E-state index contributed by atoms with van der Waals surface area (Å²) in [6.07, 6.45) is -0.935. The van der Waals surface area contributed by atoms with Gasteiger partial charge in [0.1, 0.15) is 12.1 Å². The van der Waals surface area contributed by atoms with Crippen LogP contribution < -0.4 is 5.32 Å². The highest BCUT2D eigenvalue weighted by molar-refractivity contribution is 6.30. The lowest BCUT2D eigenvalue weighted by Crippen LogP contribution is -2.50. The predicted octanol–water partition coefficient (Wildman–Crippen LogP) is 2.73. The number of carboxylic acids is 1. The van der Waals surface area contributed by atoms with Crippen molar-refractivity contribution in [2.45, 2.75) is 38.5 Å². The van der Waals surface area contributed by atoms with E-state index >= 15 is 0 Å². The van der Waals surface area contributed by atoms with Crippen molar-refractivity contribution in [3.63, 3.8) is 0 Å². The van der Waals surface area contributed by atoms with Crippen LogP contribution in [0.2, 0.25) is 5.02 Å². The molecule has 0 saturated heterocycles. The molecule has 2 aromatic rings. The molecule has 0 spiro atoms. The van der Waals surface area contributed by atoms with Crippen LogP contribution in [0.25, 0.3) is 11.1 Å². The normalized spacial score (nSPS) is 12.9. The Bertz CT molecular complexity index is 1000. The number of aliphatic hydroxyl groups is 1. The molecule has 3 atom stereocenters. The molecule has 0 aliphatic rings. The summed E-state index contributed by atoms with van der Waals surface area (Å²) in [6, 6.07) is 13.3. The largest absolute Gasteiger partial charge is 0.480 e. The molecule has 0 fully saturated rings. The molecule has 0 saturated carbocycles. The molecule has 2 rings (SSSR count). The number of aliphatic hydroxyl groups excluding tert-OH is 1. The molecule has 11 heteroatoms.